The number of carbonyl (C=O) groups is 1. The summed E-state index contributed by atoms with van der Waals surface area (Å²) < 4.78 is 2.20. The molecular weight excluding hydrogens is 400 g/mol. The van der Waals surface area contributed by atoms with Gasteiger partial charge in [-0.1, -0.05) is 43.7 Å². The molecule has 0 radical (unpaired) electrons. The molecule has 1 N–H and O–H groups in total. The van der Waals surface area contributed by atoms with E-state index in [0.717, 1.165) is 44.2 Å². The average Bonchev–Trinajstić information content (AvgIpc) is 3.07. The molecule has 1 aliphatic heterocycles. The van der Waals surface area contributed by atoms with Crippen LogP contribution in [0, 0.1) is 19.8 Å². The summed E-state index contributed by atoms with van der Waals surface area (Å²) in [4.78, 5) is 19.4. The molecule has 0 unspecified atom stereocenters. The molecule has 1 atom stereocenters. The van der Waals surface area contributed by atoms with Crippen molar-refractivity contribution in [2.24, 2.45) is 5.92 Å². The van der Waals surface area contributed by atoms with Gasteiger partial charge in [-0.2, -0.15) is 0 Å². The molecule has 0 bridgehead atoms. The number of nitrogens with zero attached hydrogens (tertiary/aromatic N) is 5. The van der Waals surface area contributed by atoms with E-state index in [0.29, 0.717) is 5.69 Å². The smallest absolute Gasteiger partial charge is 0.270 e. The maximum Gasteiger partial charge on any atom is 0.270 e. The molecule has 3 aromatic rings. The first-order valence-corrected chi connectivity index (χ1v) is 11.3. The van der Waals surface area contributed by atoms with Gasteiger partial charge in [0.25, 0.3) is 5.91 Å². The number of fused-ring (bicyclic) bond motifs is 1. The molecule has 7 heteroatoms. The number of amides is 1. The second kappa shape index (κ2) is 9.61. The summed E-state index contributed by atoms with van der Waals surface area (Å²) in [5.41, 5.74) is 4.42. The van der Waals surface area contributed by atoms with E-state index in [9.17, 15) is 4.79 Å². The number of aryl methyl sites for hydroxylation is 2. The normalized spacial score (nSPS) is 15.3. The van der Waals surface area contributed by atoms with E-state index in [2.05, 4.69) is 75.9 Å². The minimum Gasteiger partial charge on any atom is -0.340 e. The van der Waals surface area contributed by atoms with Crippen molar-refractivity contribution in [3.8, 4) is 0 Å². The number of carbonyl (C=O) groups excluding carboxylic acids is 1. The summed E-state index contributed by atoms with van der Waals surface area (Å²) >= 11 is 0. The molecule has 1 aromatic carbocycles. The molecule has 1 aliphatic rings. The van der Waals surface area contributed by atoms with Crippen LogP contribution in [0.5, 0.6) is 0 Å². The molecule has 1 amide bonds. The third-order valence-corrected chi connectivity index (χ3v) is 6.17. The summed E-state index contributed by atoms with van der Waals surface area (Å²) in [6, 6.07) is 11.8. The van der Waals surface area contributed by atoms with Gasteiger partial charge in [-0.15, -0.1) is 10.2 Å². The Morgan fingerprint density at radius 2 is 1.94 bits per heavy atom. The lowest BCUT2D eigenvalue weighted by molar-refractivity contribution is 0.0916. The third kappa shape index (κ3) is 4.88. The van der Waals surface area contributed by atoms with Crippen LogP contribution in [-0.2, 0) is 19.5 Å². The zero-order chi connectivity index (χ0) is 22.7. The molecule has 4 rings (SSSR count). The van der Waals surface area contributed by atoms with Crippen LogP contribution in [0.3, 0.4) is 0 Å². The molecule has 7 nitrogen and oxygen atoms in total. The van der Waals surface area contributed by atoms with Crippen molar-refractivity contribution < 1.29 is 4.79 Å². The first kappa shape index (κ1) is 22.1. The average molecular weight is 433 g/mol. The van der Waals surface area contributed by atoms with E-state index in [-0.39, 0.29) is 17.9 Å². The maximum atomic E-state index is 12.8. The molecule has 0 saturated carbocycles. The van der Waals surface area contributed by atoms with Gasteiger partial charge in [-0.3, -0.25) is 14.7 Å². The highest BCUT2D eigenvalue weighted by molar-refractivity contribution is 5.92. The van der Waals surface area contributed by atoms with Crippen molar-refractivity contribution in [3.63, 3.8) is 0 Å². The Morgan fingerprint density at radius 1 is 1.09 bits per heavy atom. The lowest BCUT2D eigenvalue weighted by Gasteiger charge is -2.23. The Hall–Kier alpha value is -3.06. The van der Waals surface area contributed by atoms with E-state index in [1.165, 1.54) is 16.7 Å². The molecule has 32 heavy (non-hydrogen) atoms. The van der Waals surface area contributed by atoms with Gasteiger partial charge in [-0.05, 0) is 43.0 Å². The van der Waals surface area contributed by atoms with Crippen LogP contribution in [0.4, 0.5) is 0 Å². The second-order valence-corrected chi connectivity index (χ2v) is 8.99. The highest BCUT2D eigenvalue weighted by atomic mass is 16.2. The number of benzene rings is 1. The quantitative estimate of drug-likeness (QED) is 0.645. The minimum atomic E-state index is -0.225. The van der Waals surface area contributed by atoms with E-state index in [4.69, 9.17) is 0 Å². The fraction of sp³-hybridized carbons (Fsp3) is 0.440. The fourth-order valence-corrected chi connectivity index (χ4v) is 4.28. The van der Waals surface area contributed by atoms with E-state index < -0.39 is 0 Å². The Kier molecular flexibility index (Phi) is 6.65. The molecule has 0 spiro atoms. The van der Waals surface area contributed by atoms with Gasteiger partial charge in [0.15, 0.2) is 5.82 Å². The molecular formula is C25H32N6O. The first-order valence-electron chi connectivity index (χ1n) is 11.3. The maximum absolute atomic E-state index is 12.8. The number of pyridine rings is 1. The topological polar surface area (TPSA) is 75.9 Å². The molecule has 168 valence electrons. The summed E-state index contributed by atoms with van der Waals surface area (Å²) in [7, 11) is 0. The van der Waals surface area contributed by atoms with Crippen molar-refractivity contribution in [3.05, 3.63) is 76.6 Å². The lowest BCUT2D eigenvalue weighted by Crippen LogP contribution is -2.34. The van der Waals surface area contributed by atoms with Gasteiger partial charge in [0.05, 0.1) is 6.04 Å². The third-order valence-electron chi connectivity index (χ3n) is 6.17. The van der Waals surface area contributed by atoms with Crippen LogP contribution in [0.15, 0.2) is 42.6 Å². The van der Waals surface area contributed by atoms with Crippen LogP contribution in [-0.4, -0.2) is 43.6 Å². The predicted octanol–water partition coefficient (Wildman–Crippen LogP) is 3.48. The highest BCUT2D eigenvalue weighted by Crippen LogP contribution is 2.23. The van der Waals surface area contributed by atoms with E-state index >= 15 is 0 Å². The minimum absolute atomic E-state index is 0.172. The number of nitrogens with one attached hydrogen (secondary N) is 1. The largest absolute Gasteiger partial charge is 0.340 e. The lowest BCUT2D eigenvalue weighted by atomic mass is 10.0. The van der Waals surface area contributed by atoms with E-state index in [1.807, 2.05) is 6.07 Å². The summed E-state index contributed by atoms with van der Waals surface area (Å²) in [6.45, 7) is 12.1. The summed E-state index contributed by atoms with van der Waals surface area (Å²) in [5.74, 6) is 1.80. The van der Waals surface area contributed by atoms with Crippen LogP contribution >= 0.6 is 0 Å². The molecule has 3 heterocycles. The number of hydrogen-bond donors (Lipinski definition) is 1. The van der Waals surface area contributed by atoms with Crippen LogP contribution in [0.25, 0.3) is 0 Å². The van der Waals surface area contributed by atoms with E-state index in [1.54, 1.807) is 18.3 Å². The predicted molar refractivity (Wildman–Crippen MR) is 124 cm³/mol. The molecule has 0 saturated heterocycles. The zero-order valence-electron chi connectivity index (χ0n) is 19.4. The summed E-state index contributed by atoms with van der Waals surface area (Å²) in [6.07, 6.45) is 2.48. The Balaban J connectivity index is 1.49. The van der Waals surface area contributed by atoms with Crippen LogP contribution < -0.4 is 5.32 Å². The molecule has 0 fully saturated rings. The van der Waals surface area contributed by atoms with Crippen molar-refractivity contribution in [2.45, 2.75) is 53.2 Å². The Morgan fingerprint density at radius 3 is 2.66 bits per heavy atom. The van der Waals surface area contributed by atoms with Gasteiger partial charge >= 0.3 is 0 Å². The van der Waals surface area contributed by atoms with Gasteiger partial charge in [0, 0.05) is 38.8 Å². The second-order valence-electron chi connectivity index (χ2n) is 8.99. The van der Waals surface area contributed by atoms with Gasteiger partial charge in [0.1, 0.15) is 11.5 Å². The SMILES string of the molecule is Cc1ccc(CN2CCc3nnc([C@H](NC(=O)c4ccccn4)C(C)C)n3CC2)c(C)c1. The zero-order valence-corrected chi connectivity index (χ0v) is 19.4. The molecule has 2 aromatic heterocycles. The van der Waals surface area contributed by atoms with Gasteiger partial charge in [-0.25, -0.2) is 0 Å². The van der Waals surface area contributed by atoms with Gasteiger partial charge < -0.3 is 9.88 Å². The van der Waals surface area contributed by atoms with Crippen LogP contribution in [0.1, 0.15) is 58.7 Å². The summed E-state index contributed by atoms with van der Waals surface area (Å²) in [5, 5.41) is 12.1. The standard InChI is InChI=1S/C25H32N6O/c1-17(2)23(27-25(32)21-7-5-6-11-26-21)24-29-28-22-10-12-30(13-14-31(22)24)16-20-9-8-18(3)15-19(20)4/h5-9,11,15,17,23H,10,12-14,16H2,1-4H3,(H,27,32)/t23-/m1/s1. The van der Waals surface area contributed by atoms with Crippen molar-refractivity contribution in [1.82, 2.24) is 30.0 Å². The number of aromatic nitrogens is 4. The van der Waals surface area contributed by atoms with Gasteiger partial charge in [0.2, 0.25) is 0 Å². The fourth-order valence-electron chi connectivity index (χ4n) is 4.28. The Bertz CT molecular complexity index is 1080. The first-order chi connectivity index (χ1) is 15.4. The number of rotatable bonds is 6. The van der Waals surface area contributed by atoms with Crippen molar-refractivity contribution in [2.75, 3.05) is 13.1 Å². The molecule has 0 aliphatic carbocycles. The van der Waals surface area contributed by atoms with Crippen LogP contribution in [0.2, 0.25) is 0 Å². The Labute approximate surface area is 189 Å². The highest BCUT2D eigenvalue weighted by Gasteiger charge is 2.28. The monoisotopic (exact) mass is 432 g/mol. The van der Waals surface area contributed by atoms with Crippen molar-refractivity contribution in [1.29, 1.82) is 0 Å². The van der Waals surface area contributed by atoms with Crippen molar-refractivity contribution >= 4 is 5.91 Å². The number of hydrogen-bond acceptors (Lipinski definition) is 5.